The number of phenols is 1. The van der Waals surface area contributed by atoms with Gasteiger partial charge in [-0.3, -0.25) is 0 Å². The third-order valence-corrected chi connectivity index (χ3v) is 1.84. The van der Waals surface area contributed by atoms with E-state index in [2.05, 4.69) is 13.2 Å². The first kappa shape index (κ1) is 10.1. The molecule has 0 aliphatic heterocycles. The average molecular weight is 190 g/mol. The summed E-state index contributed by atoms with van der Waals surface area (Å²) >= 11 is 0. The molecule has 0 saturated carbocycles. The molecule has 0 bridgehead atoms. The summed E-state index contributed by atoms with van der Waals surface area (Å²) in [7, 11) is 0. The molecule has 0 saturated heterocycles. The van der Waals surface area contributed by atoms with Crippen molar-refractivity contribution < 1.29 is 15.0 Å². The predicted octanol–water partition coefficient (Wildman–Crippen LogP) is 2.13. The van der Waals surface area contributed by atoms with Crippen LogP contribution in [0.15, 0.2) is 31.4 Å². The Morgan fingerprint density at radius 3 is 2.57 bits per heavy atom. The van der Waals surface area contributed by atoms with Crippen molar-refractivity contribution in [3.05, 3.63) is 42.5 Å². The zero-order chi connectivity index (χ0) is 10.7. The Balaban J connectivity index is 3.30. The zero-order valence-corrected chi connectivity index (χ0v) is 7.53. The van der Waals surface area contributed by atoms with Crippen molar-refractivity contribution in [2.75, 3.05) is 0 Å². The molecule has 1 rings (SSSR count). The maximum Gasteiger partial charge on any atom is 0.335 e. The smallest absolute Gasteiger partial charge is 0.335 e. The number of benzene rings is 1. The molecule has 1 aromatic rings. The van der Waals surface area contributed by atoms with Gasteiger partial charge in [0.1, 0.15) is 5.75 Å². The van der Waals surface area contributed by atoms with Gasteiger partial charge in [0.2, 0.25) is 0 Å². The fraction of sp³-hybridized carbons (Fsp3) is 0. The van der Waals surface area contributed by atoms with E-state index in [-0.39, 0.29) is 11.3 Å². The second-order valence-electron chi connectivity index (χ2n) is 2.76. The van der Waals surface area contributed by atoms with Crippen molar-refractivity contribution in [2.24, 2.45) is 0 Å². The van der Waals surface area contributed by atoms with Crippen LogP contribution in [0.4, 0.5) is 0 Å². The van der Waals surface area contributed by atoms with Crippen molar-refractivity contribution in [1.82, 2.24) is 0 Å². The van der Waals surface area contributed by atoms with Gasteiger partial charge in [0.25, 0.3) is 0 Å². The average Bonchev–Trinajstić information content (AvgIpc) is 2.16. The van der Waals surface area contributed by atoms with Gasteiger partial charge in [-0.1, -0.05) is 25.3 Å². The molecule has 2 N–H and O–H groups in total. The molecule has 3 heteroatoms. The summed E-state index contributed by atoms with van der Waals surface area (Å²) in [6.07, 6.45) is 1.52. The Hall–Kier alpha value is -2.03. The molecule has 0 amide bonds. The number of aromatic hydroxyl groups is 1. The fourth-order valence-corrected chi connectivity index (χ4v) is 1.10. The van der Waals surface area contributed by atoms with E-state index >= 15 is 0 Å². The summed E-state index contributed by atoms with van der Waals surface area (Å²) in [6, 6.07) is 4.41. The first-order chi connectivity index (χ1) is 6.56. The van der Waals surface area contributed by atoms with E-state index in [1.165, 1.54) is 18.2 Å². The Labute approximate surface area is 81.6 Å². The van der Waals surface area contributed by atoms with Crippen LogP contribution in [0.25, 0.3) is 11.6 Å². The Morgan fingerprint density at radius 1 is 1.43 bits per heavy atom. The molecule has 72 valence electrons. The van der Waals surface area contributed by atoms with E-state index in [0.717, 1.165) is 0 Å². The molecule has 14 heavy (non-hydrogen) atoms. The maximum atomic E-state index is 10.7. The quantitative estimate of drug-likeness (QED) is 0.718. The molecule has 0 aliphatic rings. The number of carboxylic acids is 1. The SMILES string of the molecule is C=Cc1ccc(O)cc1C(=C)C(=O)O. The van der Waals surface area contributed by atoms with E-state index in [1.807, 2.05) is 0 Å². The highest BCUT2D eigenvalue weighted by molar-refractivity contribution is 6.15. The molecule has 0 aliphatic carbocycles. The van der Waals surface area contributed by atoms with Gasteiger partial charge >= 0.3 is 5.97 Å². The normalized spacial score (nSPS) is 9.43. The van der Waals surface area contributed by atoms with Crippen molar-refractivity contribution in [1.29, 1.82) is 0 Å². The molecule has 3 nitrogen and oxygen atoms in total. The maximum absolute atomic E-state index is 10.7. The van der Waals surface area contributed by atoms with Crippen LogP contribution in [0.5, 0.6) is 5.75 Å². The summed E-state index contributed by atoms with van der Waals surface area (Å²) in [6.45, 7) is 6.96. The minimum atomic E-state index is -1.11. The fourth-order valence-electron chi connectivity index (χ4n) is 1.10. The third kappa shape index (κ3) is 1.82. The molecule has 0 atom stereocenters. The molecular weight excluding hydrogens is 180 g/mol. The van der Waals surface area contributed by atoms with E-state index in [0.29, 0.717) is 11.1 Å². The minimum Gasteiger partial charge on any atom is -0.508 e. The van der Waals surface area contributed by atoms with Crippen LogP contribution in [0.2, 0.25) is 0 Å². The number of carbonyl (C=O) groups is 1. The highest BCUT2D eigenvalue weighted by Gasteiger charge is 2.10. The van der Waals surface area contributed by atoms with Gasteiger partial charge in [0.15, 0.2) is 0 Å². The predicted molar refractivity (Wildman–Crippen MR) is 54.9 cm³/mol. The van der Waals surface area contributed by atoms with Crippen molar-refractivity contribution in [2.45, 2.75) is 0 Å². The second kappa shape index (κ2) is 3.79. The summed E-state index contributed by atoms with van der Waals surface area (Å²) in [5.74, 6) is -1.10. The van der Waals surface area contributed by atoms with Gasteiger partial charge in [0.05, 0.1) is 5.57 Å². The van der Waals surface area contributed by atoms with Crippen LogP contribution >= 0.6 is 0 Å². The highest BCUT2D eigenvalue weighted by atomic mass is 16.4. The van der Waals surface area contributed by atoms with Gasteiger partial charge in [-0.05, 0) is 23.3 Å². The molecule has 0 spiro atoms. The largest absolute Gasteiger partial charge is 0.508 e. The first-order valence-corrected chi connectivity index (χ1v) is 3.94. The molecule has 0 unspecified atom stereocenters. The lowest BCUT2D eigenvalue weighted by molar-refractivity contribution is -0.130. The molecule has 1 aromatic carbocycles. The topological polar surface area (TPSA) is 57.5 Å². The number of aliphatic carboxylic acids is 1. The highest BCUT2D eigenvalue weighted by Crippen LogP contribution is 2.23. The lowest BCUT2D eigenvalue weighted by atomic mass is 10.0. The second-order valence-corrected chi connectivity index (χ2v) is 2.76. The van der Waals surface area contributed by atoms with Crippen molar-refractivity contribution in [3.8, 4) is 5.75 Å². The summed E-state index contributed by atoms with van der Waals surface area (Å²) in [4.78, 5) is 10.7. The molecule has 0 heterocycles. The number of rotatable bonds is 3. The number of carboxylic acid groups (broad SMARTS) is 1. The summed E-state index contributed by atoms with van der Waals surface area (Å²) < 4.78 is 0. The minimum absolute atomic E-state index is 0.00741. The van der Waals surface area contributed by atoms with Crippen molar-refractivity contribution >= 4 is 17.6 Å². The standard InChI is InChI=1S/C11H10O3/c1-3-8-4-5-9(12)6-10(8)7(2)11(13)14/h3-6,12H,1-2H2,(H,13,14). The van der Waals surface area contributed by atoms with E-state index in [9.17, 15) is 9.90 Å². The zero-order valence-electron chi connectivity index (χ0n) is 7.53. The van der Waals surface area contributed by atoms with Gasteiger partial charge < -0.3 is 10.2 Å². The molecular formula is C11H10O3. The Bertz CT molecular complexity index is 405. The monoisotopic (exact) mass is 190 g/mol. The third-order valence-electron chi connectivity index (χ3n) is 1.84. The Morgan fingerprint density at radius 2 is 2.07 bits per heavy atom. The van der Waals surface area contributed by atoms with E-state index in [4.69, 9.17) is 5.11 Å². The summed E-state index contributed by atoms with van der Waals surface area (Å²) in [5, 5.41) is 17.9. The van der Waals surface area contributed by atoms with Crippen LogP contribution in [-0.2, 0) is 4.79 Å². The number of hydrogen-bond acceptors (Lipinski definition) is 2. The summed E-state index contributed by atoms with van der Waals surface area (Å²) in [5.41, 5.74) is 0.957. The lowest BCUT2D eigenvalue weighted by Gasteiger charge is -2.05. The van der Waals surface area contributed by atoms with Gasteiger partial charge in [-0.15, -0.1) is 0 Å². The first-order valence-electron chi connectivity index (χ1n) is 3.94. The van der Waals surface area contributed by atoms with Gasteiger partial charge in [0, 0.05) is 0 Å². The van der Waals surface area contributed by atoms with Crippen LogP contribution in [0, 0.1) is 0 Å². The molecule has 0 radical (unpaired) electrons. The van der Waals surface area contributed by atoms with E-state index < -0.39 is 5.97 Å². The number of hydrogen-bond donors (Lipinski definition) is 2. The van der Waals surface area contributed by atoms with Gasteiger partial charge in [-0.2, -0.15) is 0 Å². The van der Waals surface area contributed by atoms with Crippen LogP contribution < -0.4 is 0 Å². The Kier molecular flexibility index (Phi) is 2.72. The van der Waals surface area contributed by atoms with Crippen LogP contribution in [-0.4, -0.2) is 16.2 Å². The number of phenolic OH excluding ortho intramolecular Hbond substituents is 1. The van der Waals surface area contributed by atoms with Crippen molar-refractivity contribution in [3.63, 3.8) is 0 Å². The van der Waals surface area contributed by atoms with Gasteiger partial charge in [-0.25, -0.2) is 4.79 Å². The van der Waals surface area contributed by atoms with Crippen LogP contribution in [0.1, 0.15) is 11.1 Å². The van der Waals surface area contributed by atoms with Crippen LogP contribution in [0.3, 0.4) is 0 Å². The molecule has 0 fully saturated rings. The lowest BCUT2D eigenvalue weighted by Crippen LogP contribution is -1.99. The molecule has 0 aromatic heterocycles. The van der Waals surface area contributed by atoms with E-state index in [1.54, 1.807) is 6.07 Å².